The molecular weight excluding hydrogens is 380 g/mol. The second kappa shape index (κ2) is 13.0. The molecular formula is C29H50O2. The zero-order valence-corrected chi connectivity index (χ0v) is 21.6. The van der Waals surface area contributed by atoms with Gasteiger partial charge < -0.3 is 9.47 Å². The molecule has 178 valence electrons. The van der Waals surface area contributed by atoms with Gasteiger partial charge in [0.15, 0.2) is 0 Å². The van der Waals surface area contributed by atoms with E-state index in [1.54, 1.807) is 5.57 Å². The molecule has 5 atom stereocenters. The maximum Gasteiger partial charge on any atom is 0.0923 e. The van der Waals surface area contributed by atoms with Gasteiger partial charge in [-0.1, -0.05) is 48.3 Å². The van der Waals surface area contributed by atoms with Crippen molar-refractivity contribution in [3.63, 3.8) is 0 Å². The molecule has 0 bridgehead atoms. The highest BCUT2D eigenvalue weighted by Gasteiger charge is 2.50. The summed E-state index contributed by atoms with van der Waals surface area (Å²) in [4.78, 5) is 0. The molecule has 5 unspecified atom stereocenters. The Labute approximate surface area is 193 Å². The van der Waals surface area contributed by atoms with Gasteiger partial charge in [0, 0.05) is 0 Å². The van der Waals surface area contributed by atoms with Gasteiger partial charge in [0.25, 0.3) is 0 Å². The molecule has 0 saturated carbocycles. The van der Waals surface area contributed by atoms with E-state index in [0.29, 0.717) is 18.3 Å². The van der Waals surface area contributed by atoms with Gasteiger partial charge in [-0.2, -0.15) is 0 Å². The van der Waals surface area contributed by atoms with Crippen LogP contribution in [0.5, 0.6) is 0 Å². The molecule has 2 fully saturated rings. The van der Waals surface area contributed by atoms with Crippen LogP contribution < -0.4 is 0 Å². The summed E-state index contributed by atoms with van der Waals surface area (Å²) < 4.78 is 11.5. The van der Waals surface area contributed by atoms with Gasteiger partial charge in [-0.25, -0.2) is 0 Å². The molecule has 0 aromatic heterocycles. The molecule has 0 N–H and O–H groups in total. The van der Waals surface area contributed by atoms with Gasteiger partial charge in [-0.15, -0.1) is 0 Å². The maximum atomic E-state index is 6.01. The van der Waals surface area contributed by atoms with Crippen LogP contribution in [0.4, 0.5) is 0 Å². The van der Waals surface area contributed by atoms with Gasteiger partial charge >= 0.3 is 0 Å². The molecule has 2 heterocycles. The average Bonchev–Trinajstić information content (AvgIpc) is 3.58. The fourth-order valence-corrected chi connectivity index (χ4v) is 4.60. The van der Waals surface area contributed by atoms with Gasteiger partial charge in [0.05, 0.1) is 23.9 Å². The molecule has 0 amide bonds. The monoisotopic (exact) mass is 430 g/mol. The fourth-order valence-electron chi connectivity index (χ4n) is 4.60. The lowest BCUT2D eigenvalue weighted by molar-refractivity contribution is 0.295. The summed E-state index contributed by atoms with van der Waals surface area (Å²) in [5, 5.41) is 0. The van der Waals surface area contributed by atoms with Crippen LogP contribution >= 0.6 is 0 Å². The fraction of sp³-hybridized carbons (Fsp3) is 0.793. The second-order valence-electron chi connectivity index (χ2n) is 10.9. The van der Waals surface area contributed by atoms with E-state index in [1.165, 1.54) is 68.9 Å². The van der Waals surface area contributed by atoms with E-state index in [0.717, 1.165) is 18.8 Å². The molecule has 31 heavy (non-hydrogen) atoms. The van der Waals surface area contributed by atoms with Gasteiger partial charge in [0.2, 0.25) is 0 Å². The molecule has 2 rings (SSSR count). The summed E-state index contributed by atoms with van der Waals surface area (Å²) in [5.74, 6) is 0.833. The summed E-state index contributed by atoms with van der Waals surface area (Å²) in [6.07, 6.45) is 22.3. The van der Waals surface area contributed by atoms with Crippen LogP contribution in [0.15, 0.2) is 34.9 Å². The highest BCUT2D eigenvalue weighted by Crippen LogP contribution is 2.43. The van der Waals surface area contributed by atoms with Crippen molar-refractivity contribution in [2.24, 2.45) is 5.92 Å². The third-order valence-electron chi connectivity index (χ3n) is 7.23. The summed E-state index contributed by atoms with van der Waals surface area (Å²) >= 11 is 0. The van der Waals surface area contributed by atoms with Crippen LogP contribution in [0.3, 0.4) is 0 Å². The lowest BCUT2D eigenvalue weighted by Crippen LogP contribution is -2.09. The Morgan fingerprint density at radius 3 is 2.16 bits per heavy atom. The van der Waals surface area contributed by atoms with Crippen LogP contribution in [-0.4, -0.2) is 23.9 Å². The largest absolute Gasteiger partial charge is 0.370 e. The number of hydrogen-bond acceptors (Lipinski definition) is 2. The first-order chi connectivity index (χ1) is 14.7. The van der Waals surface area contributed by atoms with E-state index >= 15 is 0 Å². The highest BCUT2D eigenvalue weighted by molar-refractivity contribution is 5.06. The zero-order valence-electron chi connectivity index (χ0n) is 21.6. The molecule has 0 aliphatic carbocycles. The first-order valence-corrected chi connectivity index (χ1v) is 13.0. The van der Waals surface area contributed by atoms with Crippen molar-refractivity contribution in [2.75, 3.05) is 0 Å². The lowest BCUT2D eigenvalue weighted by atomic mass is 9.95. The molecule has 2 heteroatoms. The SMILES string of the molecule is CC(C)=CCCC1(C)OC1CC/C(C)=C/CC/C=C(\C)CCCC(C)CCC1OC1C. The smallest absolute Gasteiger partial charge is 0.0923 e. The lowest BCUT2D eigenvalue weighted by Gasteiger charge is -2.10. The average molecular weight is 431 g/mol. The van der Waals surface area contributed by atoms with Crippen molar-refractivity contribution in [1.29, 1.82) is 0 Å². The molecule has 0 radical (unpaired) electrons. The Morgan fingerprint density at radius 1 is 0.903 bits per heavy atom. The standard InChI is InChI=1S/C29H50O2/c1-22(2)12-11-21-29(7)28(31-29)20-18-24(4)14-9-8-13-23(3)15-10-16-25(5)17-19-27-26(6)30-27/h12-14,25-28H,8-11,15-21H2,1-7H3/b23-13+,24-14+. The Morgan fingerprint density at radius 2 is 1.55 bits per heavy atom. The molecule has 2 nitrogen and oxygen atoms in total. The molecule has 2 aliphatic rings. The van der Waals surface area contributed by atoms with Crippen molar-refractivity contribution in [3.8, 4) is 0 Å². The highest BCUT2D eigenvalue weighted by atomic mass is 16.6. The third kappa shape index (κ3) is 11.0. The minimum atomic E-state index is 0.133. The van der Waals surface area contributed by atoms with E-state index in [-0.39, 0.29) is 5.60 Å². The summed E-state index contributed by atoms with van der Waals surface area (Å²) in [6, 6.07) is 0. The van der Waals surface area contributed by atoms with Crippen molar-refractivity contribution in [1.82, 2.24) is 0 Å². The van der Waals surface area contributed by atoms with E-state index < -0.39 is 0 Å². The predicted molar refractivity (Wildman–Crippen MR) is 135 cm³/mol. The van der Waals surface area contributed by atoms with E-state index in [2.05, 4.69) is 66.7 Å². The number of allylic oxidation sites excluding steroid dienone is 6. The quantitative estimate of drug-likeness (QED) is 0.139. The van der Waals surface area contributed by atoms with E-state index in [9.17, 15) is 0 Å². The minimum Gasteiger partial charge on any atom is -0.370 e. The second-order valence-corrected chi connectivity index (χ2v) is 10.9. The van der Waals surface area contributed by atoms with Crippen LogP contribution in [0.25, 0.3) is 0 Å². The van der Waals surface area contributed by atoms with Gasteiger partial charge in [0.1, 0.15) is 0 Å². The normalized spacial score (nSPS) is 29.1. The van der Waals surface area contributed by atoms with Crippen molar-refractivity contribution < 1.29 is 9.47 Å². The number of unbranched alkanes of at least 4 members (excludes halogenated alkanes) is 1. The molecule has 0 aromatic rings. The van der Waals surface area contributed by atoms with Crippen LogP contribution in [0, 0.1) is 5.92 Å². The number of rotatable bonds is 16. The van der Waals surface area contributed by atoms with E-state index in [4.69, 9.17) is 9.47 Å². The molecule has 0 spiro atoms. The van der Waals surface area contributed by atoms with Crippen molar-refractivity contribution >= 4 is 0 Å². The van der Waals surface area contributed by atoms with Gasteiger partial charge in [-0.3, -0.25) is 0 Å². The number of ether oxygens (including phenoxy) is 2. The minimum absolute atomic E-state index is 0.133. The van der Waals surface area contributed by atoms with Crippen molar-refractivity contribution in [2.45, 2.75) is 143 Å². The third-order valence-corrected chi connectivity index (χ3v) is 7.23. The maximum absolute atomic E-state index is 6.01. The van der Waals surface area contributed by atoms with Crippen LogP contribution in [0.2, 0.25) is 0 Å². The number of epoxide rings is 2. The Bertz CT molecular complexity index is 625. The predicted octanol–water partition coefficient (Wildman–Crippen LogP) is 8.72. The van der Waals surface area contributed by atoms with E-state index in [1.807, 2.05) is 0 Å². The topological polar surface area (TPSA) is 25.1 Å². The van der Waals surface area contributed by atoms with Crippen molar-refractivity contribution in [3.05, 3.63) is 34.9 Å². The Balaban J connectivity index is 1.50. The summed E-state index contributed by atoms with van der Waals surface area (Å²) in [5.41, 5.74) is 4.63. The zero-order chi connectivity index (χ0) is 22.9. The summed E-state index contributed by atoms with van der Waals surface area (Å²) in [7, 11) is 0. The van der Waals surface area contributed by atoms with Gasteiger partial charge in [-0.05, 0) is 112 Å². The first-order valence-electron chi connectivity index (χ1n) is 13.0. The molecule has 2 aliphatic heterocycles. The van der Waals surface area contributed by atoms with Crippen LogP contribution in [-0.2, 0) is 9.47 Å². The summed E-state index contributed by atoms with van der Waals surface area (Å²) in [6.45, 7) is 15.8. The molecule has 2 saturated heterocycles. The Hall–Kier alpha value is -0.860. The van der Waals surface area contributed by atoms with Crippen LogP contribution in [0.1, 0.15) is 119 Å². The first kappa shape index (κ1) is 26.4. The number of hydrogen-bond donors (Lipinski definition) is 0. The molecule has 0 aromatic carbocycles. The Kier molecular flexibility index (Phi) is 11.1.